The standard InChI is InChI=1S/C18H27N3O3/c1-20(2)16-9-12-21(13-15(16)4-6-18(23)24)17(22)5-3-14-7-10-19-11-8-14/h7-8,10-11,15-16H,3-6,9,12-13H2,1-2H3,(H,23,24)/t15-,16+/m1/s1. The van der Waals surface area contributed by atoms with Gasteiger partial charge >= 0.3 is 5.97 Å². The fraction of sp³-hybridized carbons (Fsp3) is 0.611. The van der Waals surface area contributed by atoms with E-state index in [2.05, 4.69) is 9.88 Å². The Hall–Kier alpha value is -1.95. The highest BCUT2D eigenvalue weighted by atomic mass is 16.4. The Bertz CT molecular complexity index is 548. The van der Waals surface area contributed by atoms with Crippen molar-refractivity contribution in [3.63, 3.8) is 0 Å². The lowest BCUT2D eigenvalue weighted by Gasteiger charge is -2.41. The summed E-state index contributed by atoms with van der Waals surface area (Å²) in [5.41, 5.74) is 1.11. The van der Waals surface area contributed by atoms with E-state index < -0.39 is 5.97 Å². The minimum absolute atomic E-state index is 0.157. The number of amides is 1. The number of aromatic nitrogens is 1. The van der Waals surface area contributed by atoms with E-state index in [4.69, 9.17) is 5.11 Å². The Kier molecular flexibility index (Phi) is 6.73. The maximum absolute atomic E-state index is 12.5. The molecule has 1 aliphatic rings. The molecule has 0 saturated carbocycles. The molecule has 0 unspecified atom stereocenters. The Morgan fingerprint density at radius 2 is 2.00 bits per heavy atom. The number of pyridine rings is 1. The first-order chi connectivity index (χ1) is 11.5. The smallest absolute Gasteiger partial charge is 0.303 e. The highest BCUT2D eigenvalue weighted by Crippen LogP contribution is 2.25. The molecule has 2 rings (SSSR count). The predicted octanol–water partition coefficient (Wildman–Crippen LogP) is 1.66. The number of nitrogens with zero attached hydrogens (tertiary/aromatic N) is 3. The van der Waals surface area contributed by atoms with Gasteiger partial charge in [-0.15, -0.1) is 0 Å². The van der Waals surface area contributed by atoms with Gasteiger partial charge in [-0.3, -0.25) is 14.6 Å². The summed E-state index contributed by atoms with van der Waals surface area (Å²) in [4.78, 5) is 31.5. The van der Waals surface area contributed by atoms with Crippen molar-refractivity contribution in [2.45, 2.75) is 38.1 Å². The second-order valence-corrected chi connectivity index (χ2v) is 6.71. The Morgan fingerprint density at radius 3 is 2.62 bits per heavy atom. The molecule has 0 aliphatic carbocycles. The average molecular weight is 333 g/mol. The van der Waals surface area contributed by atoms with Gasteiger partial charge in [0.1, 0.15) is 0 Å². The zero-order chi connectivity index (χ0) is 17.5. The summed E-state index contributed by atoms with van der Waals surface area (Å²) in [6, 6.07) is 4.20. The first-order valence-electron chi connectivity index (χ1n) is 8.52. The van der Waals surface area contributed by atoms with Crippen LogP contribution in [0.5, 0.6) is 0 Å². The van der Waals surface area contributed by atoms with Gasteiger partial charge in [-0.05, 0) is 57.0 Å². The third kappa shape index (κ3) is 5.30. The summed E-state index contributed by atoms with van der Waals surface area (Å²) < 4.78 is 0. The maximum Gasteiger partial charge on any atom is 0.303 e. The van der Waals surface area contributed by atoms with E-state index in [1.165, 1.54) is 0 Å². The second kappa shape index (κ2) is 8.78. The average Bonchev–Trinajstić information content (AvgIpc) is 2.58. The first-order valence-corrected chi connectivity index (χ1v) is 8.52. The van der Waals surface area contributed by atoms with E-state index in [0.717, 1.165) is 24.9 Å². The molecule has 1 saturated heterocycles. The van der Waals surface area contributed by atoms with E-state index in [-0.39, 0.29) is 18.2 Å². The van der Waals surface area contributed by atoms with E-state index in [1.807, 2.05) is 31.1 Å². The lowest BCUT2D eigenvalue weighted by atomic mass is 9.87. The molecule has 0 bridgehead atoms. The minimum Gasteiger partial charge on any atom is -0.481 e. The normalized spacial score (nSPS) is 21.0. The summed E-state index contributed by atoms with van der Waals surface area (Å²) >= 11 is 0. The fourth-order valence-electron chi connectivity index (χ4n) is 3.48. The van der Waals surface area contributed by atoms with Crippen LogP contribution in [0.2, 0.25) is 0 Å². The van der Waals surface area contributed by atoms with Gasteiger partial charge in [0.2, 0.25) is 5.91 Å². The molecular weight excluding hydrogens is 306 g/mol. The molecule has 1 aromatic rings. The van der Waals surface area contributed by atoms with Crippen LogP contribution in [-0.4, -0.2) is 65.0 Å². The molecule has 24 heavy (non-hydrogen) atoms. The van der Waals surface area contributed by atoms with Crippen molar-refractivity contribution in [1.82, 2.24) is 14.8 Å². The molecule has 2 atom stereocenters. The van der Waals surface area contributed by atoms with Crippen molar-refractivity contribution in [2.24, 2.45) is 5.92 Å². The van der Waals surface area contributed by atoms with E-state index in [9.17, 15) is 9.59 Å². The number of carbonyl (C=O) groups is 2. The molecule has 1 fully saturated rings. The van der Waals surface area contributed by atoms with Crippen LogP contribution in [0.25, 0.3) is 0 Å². The molecule has 1 N–H and O–H groups in total. The number of piperidine rings is 1. The fourth-order valence-corrected chi connectivity index (χ4v) is 3.48. The minimum atomic E-state index is -0.770. The lowest BCUT2D eigenvalue weighted by molar-refractivity contribution is -0.137. The third-order valence-corrected chi connectivity index (χ3v) is 4.82. The molecule has 0 aromatic carbocycles. The zero-order valence-corrected chi connectivity index (χ0v) is 14.5. The van der Waals surface area contributed by atoms with E-state index in [0.29, 0.717) is 25.4 Å². The van der Waals surface area contributed by atoms with Crippen molar-refractivity contribution >= 4 is 11.9 Å². The predicted molar refractivity (Wildman–Crippen MR) is 91.6 cm³/mol. The van der Waals surface area contributed by atoms with Gasteiger partial charge in [0.15, 0.2) is 0 Å². The number of aryl methyl sites for hydroxylation is 1. The number of carboxylic acid groups (broad SMARTS) is 1. The molecule has 0 radical (unpaired) electrons. The second-order valence-electron chi connectivity index (χ2n) is 6.71. The summed E-state index contributed by atoms with van der Waals surface area (Å²) in [5.74, 6) is -0.396. The molecule has 1 aromatic heterocycles. The van der Waals surface area contributed by atoms with Crippen LogP contribution in [0, 0.1) is 5.92 Å². The van der Waals surface area contributed by atoms with Crippen molar-refractivity contribution in [1.29, 1.82) is 0 Å². The Labute approximate surface area is 143 Å². The zero-order valence-electron chi connectivity index (χ0n) is 14.5. The van der Waals surface area contributed by atoms with Crippen molar-refractivity contribution in [2.75, 3.05) is 27.2 Å². The number of aliphatic carboxylic acids is 1. The van der Waals surface area contributed by atoms with Gasteiger partial charge in [0.05, 0.1) is 0 Å². The quantitative estimate of drug-likeness (QED) is 0.821. The summed E-state index contributed by atoms with van der Waals surface area (Å²) in [6.07, 6.45) is 6.37. The van der Waals surface area contributed by atoms with Crippen LogP contribution in [0.4, 0.5) is 0 Å². The lowest BCUT2D eigenvalue weighted by Crippen LogP contribution is -2.50. The summed E-state index contributed by atoms with van der Waals surface area (Å²) in [7, 11) is 4.05. The van der Waals surface area contributed by atoms with Crippen molar-refractivity contribution < 1.29 is 14.7 Å². The first kappa shape index (κ1) is 18.4. The van der Waals surface area contributed by atoms with Crippen LogP contribution >= 0.6 is 0 Å². The van der Waals surface area contributed by atoms with Gasteiger partial charge < -0.3 is 14.9 Å². The number of carboxylic acids is 1. The SMILES string of the molecule is CN(C)[C@H]1CCN(C(=O)CCc2ccncc2)C[C@H]1CCC(=O)O. The number of hydrogen-bond donors (Lipinski definition) is 1. The Morgan fingerprint density at radius 1 is 1.29 bits per heavy atom. The van der Waals surface area contributed by atoms with Crippen molar-refractivity contribution in [3.8, 4) is 0 Å². The highest BCUT2D eigenvalue weighted by Gasteiger charge is 2.32. The largest absolute Gasteiger partial charge is 0.481 e. The Balaban J connectivity index is 1.90. The van der Waals surface area contributed by atoms with Crippen LogP contribution in [-0.2, 0) is 16.0 Å². The van der Waals surface area contributed by atoms with Crippen LogP contribution in [0.15, 0.2) is 24.5 Å². The van der Waals surface area contributed by atoms with E-state index in [1.54, 1.807) is 12.4 Å². The van der Waals surface area contributed by atoms with Gasteiger partial charge in [-0.1, -0.05) is 0 Å². The summed E-state index contributed by atoms with van der Waals surface area (Å²) in [6.45, 7) is 1.41. The molecule has 132 valence electrons. The third-order valence-electron chi connectivity index (χ3n) is 4.82. The van der Waals surface area contributed by atoms with Crippen molar-refractivity contribution in [3.05, 3.63) is 30.1 Å². The van der Waals surface area contributed by atoms with Gasteiger partial charge in [0.25, 0.3) is 0 Å². The topological polar surface area (TPSA) is 73.7 Å². The molecule has 6 nitrogen and oxygen atoms in total. The number of hydrogen-bond acceptors (Lipinski definition) is 4. The van der Waals surface area contributed by atoms with Gasteiger partial charge in [0, 0.05) is 44.4 Å². The molecular formula is C18H27N3O3. The van der Waals surface area contributed by atoms with Crippen LogP contribution in [0.1, 0.15) is 31.2 Å². The number of carbonyl (C=O) groups excluding carboxylic acids is 1. The molecule has 1 amide bonds. The van der Waals surface area contributed by atoms with Crippen LogP contribution < -0.4 is 0 Å². The highest BCUT2D eigenvalue weighted by molar-refractivity contribution is 5.76. The monoisotopic (exact) mass is 333 g/mol. The van der Waals surface area contributed by atoms with Gasteiger partial charge in [-0.25, -0.2) is 0 Å². The maximum atomic E-state index is 12.5. The van der Waals surface area contributed by atoms with E-state index >= 15 is 0 Å². The number of rotatable bonds is 7. The van der Waals surface area contributed by atoms with Gasteiger partial charge in [-0.2, -0.15) is 0 Å². The number of likely N-dealkylation sites (tertiary alicyclic amines) is 1. The van der Waals surface area contributed by atoms with Crippen LogP contribution in [0.3, 0.4) is 0 Å². The molecule has 6 heteroatoms. The molecule has 0 spiro atoms. The summed E-state index contributed by atoms with van der Waals surface area (Å²) in [5, 5.41) is 8.96. The molecule has 2 heterocycles. The molecule has 1 aliphatic heterocycles.